The highest BCUT2D eigenvalue weighted by Crippen LogP contribution is 2.36. The Labute approximate surface area is 145 Å². The third kappa shape index (κ3) is 3.64. The molecule has 1 fully saturated rings. The molecule has 0 radical (unpaired) electrons. The largest absolute Gasteiger partial charge is 0.335 e. The molecule has 2 heterocycles. The number of hydrogen-bond donors (Lipinski definition) is 0. The second-order valence-electron chi connectivity index (χ2n) is 6.12. The van der Waals surface area contributed by atoms with Crippen molar-refractivity contribution in [1.29, 1.82) is 0 Å². The van der Waals surface area contributed by atoms with E-state index in [-0.39, 0.29) is 17.6 Å². The molecule has 1 atom stereocenters. The molecule has 0 spiro atoms. The number of likely N-dealkylation sites (tertiary alicyclic amines) is 1. The number of non-ortho nitro benzene ring substituents is 1. The van der Waals surface area contributed by atoms with Gasteiger partial charge in [-0.25, -0.2) is 0 Å². The Kier molecular flexibility index (Phi) is 4.94. The Morgan fingerprint density at radius 1 is 1.38 bits per heavy atom. The van der Waals surface area contributed by atoms with Gasteiger partial charge in [-0.3, -0.25) is 14.9 Å². The zero-order chi connectivity index (χ0) is 17.1. The number of rotatable bonds is 5. The van der Waals surface area contributed by atoms with Gasteiger partial charge in [-0.15, -0.1) is 11.3 Å². The molecule has 0 unspecified atom stereocenters. The van der Waals surface area contributed by atoms with E-state index in [2.05, 4.69) is 19.1 Å². The van der Waals surface area contributed by atoms with Gasteiger partial charge < -0.3 is 4.90 Å². The first-order valence-electron chi connectivity index (χ1n) is 8.14. The van der Waals surface area contributed by atoms with E-state index in [9.17, 15) is 14.9 Å². The maximum Gasteiger partial charge on any atom is 0.269 e. The summed E-state index contributed by atoms with van der Waals surface area (Å²) in [6.45, 7) is 2.88. The first-order valence-corrected chi connectivity index (χ1v) is 8.95. The van der Waals surface area contributed by atoms with Crippen molar-refractivity contribution >= 4 is 22.9 Å². The van der Waals surface area contributed by atoms with Crippen LogP contribution in [0.5, 0.6) is 0 Å². The second-order valence-corrected chi connectivity index (χ2v) is 7.44. The fourth-order valence-corrected chi connectivity index (χ4v) is 4.24. The fraction of sp³-hybridized carbons (Fsp3) is 0.389. The number of hydrogen-bond acceptors (Lipinski definition) is 4. The van der Waals surface area contributed by atoms with E-state index in [0.717, 1.165) is 24.9 Å². The van der Waals surface area contributed by atoms with Gasteiger partial charge in [-0.2, -0.15) is 0 Å². The maximum absolute atomic E-state index is 12.6. The minimum absolute atomic E-state index is 0.0769. The van der Waals surface area contributed by atoms with Crippen molar-refractivity contribution in [3.05, 3.63) is 61.8 Å². The topological polar surface area (TPSA) is 63.5 Å². The van der Waals surface area contributed by atoms with Crippen LogP contribution >= 0.6 is 11.3 Å². The SMILES string of the molecule is Cc1ccc([C@@H]2CCCN2C(=O)CCc2cccc([N+](=O)[O-])c2)s1. The molecule has 24 heavy (non-hydrogen) atoms. The molecule has 5 nitrogen and oxygen atoms in total. The number of nitro groups is 1. The van der Waals surface area contributed by atoms with Crippen LogP contribution in [0.3, 0.4) is 0 Å². The predicted octanol–water partition coefficient (Wildman–Crippen LogP) is 4.26. The van der Waals surface area contributed by atoms with E-state index in [1.807, 2.05) is 11.0 Å². The van der Waals surface area contributed by atoms with E-state index in [1.54, 1.807) is 23.5 Å². The summed E-state index contributed by atoms with van der Waals surface area (Å²) in [5.41, 5.74) is 0.910. The van der Waals surface area contributed by atoms with E-state index < -0.39 is 4.92 Å². The molecule has 1 aliphatic heterocycles. The molecule has 1 aromatic heterocycles. The zero-order valence-electron chi connectivity index (χ0n) is 13.6. The molecule has 6 heteroatoms. The van der Waals surface area contributed by atoms with Crippen LogP contribution in [-0.4, -0.2) is 22.3 Å². The summed E-state index contributed by atoms with van der Waals surface area (Å²) in [6, 6.07) is 11.0. The van der Waals surface area contributed by atoms with Gasteiger partial charge in [0.15, 0.2) is 0 Å². The van der Waals surface area contributed by atoms with E-state index in [1.165, 1.54) is 15.8 Å². The standard InChI is InChI=1S/C18H20N2O3S/c1-13-7-9-17(24-13)16-6-3-11-19(16)18(21)10-8-14-4-2-5-15(12-14)20(22)23/h2,4-5,7,9,12,16H,3,6,8,10-11H2,1H3/t16-/m0/s1. The van der Waals surface area contributed by atoms with Crippen LogP contribution in [0.15, 0.2) is 36.4 Å². The van der Waals surface area contributed by atoms with Crippen LogP contribution in [-0.2, 0) is 11.2 Å². The van der Waals surface area contributed by atoms with Gasteiger partial charge in [0.1, 0.15) is 0 Å². The molecule has 1 aliphatic rings. The van der Waals surface area contributed by atoms with Crippen molar-refractivity contribution < 1.29 is 9.72 Å². The summed E-state index contributed by atoms with van der Waals surface area (Å²) in [4.78, 5) is 27.6. The summed E-state index contributed by atoms with van der Waals surface area (Å²) in [7, 11) is 0. The predicted molar refractivity (Wildman–Crippen MR) is 94.2 cm³/mol. The third-order valence-corrected chi connectivity index (χ3v) is 5.51. The Morgan fingerprint density at radius 3 is 2.92 bits per heavy atom. The van der Waals surface area contributed by atoms with Crippen molar-refractivity contribution in [3.8, 4) is 0 Å². The second kappa shape index (κ2) is 7.13. The summed E-state index contributed by atoms with van der Waals surface area (Å²) in [5, 5.41) is 10.8. The number of amides is 1. The number of benzene rings is 1. The summed E-state index contributed by atoms with van der Waals surface area (Å²) < 4.78 is 0. The number of thiophene rings is 1. The van der Waals surface area contributed by atoms with Crippen LogP contribution in [0.25, 0.3) is 0 Å². The van der Waals surface area contributed by atoms with Crippen LogP contribution in [0.4, 0.5) is 5.69 Å². The van der Waals surface area contributed by atoms with Crippen LogP contribution in [0.1, 0.15) is 40.6 Å². The van der Waals surface area contributed by atoms with Crippen LogP contribution < -0.4 is 0 Å². The average Bonchev–Trinajstić information content (AvgIpc) is 3.21. The van der Waals surface area contributed by atoms with Gasteiger partial charge in [0, 0.05) is 34.9 Å². The number of carbonyl (C=O) groups is 1. The maximum atomic E-state index is 12.6. The number of nitro benzene ring substituents is 1. The molecular formula is C18H20N2O3S. The summed E-state index contributed by atoms with van der Waals surface area (Å²) in [5.74, 6) is 0.134. The Balaban J connectivity index is 1.64. The molecule has 1 saturated heterocycles. The van der Waals surface area contributed by atoms with Gasteiger partial charge >= 0.3 is 0 Å². The van der Waals surface area contributed by atoms with Gasteiger partial charge in [-0.05, 0) is 43.9 Å². The lowest BCUT2D eigenvalue weighted by atomic mass is 10.1. The Bertz CT molecular complexity index is 756. The van der Waals surface area contributed by atoms with Crippen molar-refractivity contribution in [2.24, 2.45) is 0 Å². The number of carbonyl (C=O) groups excluding carboxylic acids is 1. The summed E-state index contributed by atoms with van der Waals surface area (Å²) in [6.07, 6.45) is 2.97. The highest BCUT2D eigenvalue weighted by atomic mass is 32.1. The first kappa shape index (κ1) is 16.6. The number of aryl methyl sites for hydroxylation is 2. The molecule has 1 aromatic carbocycles. The molecule has 1 amide bonds. The quantitative estimate of drug-likeness (QED) is 0.601. The van der Waals surface area contributed by atoms with Crippen molar-refractivity contribution in [2.45, 2.75) is 38.6 Å². The zero-order valence-corrected chi connectivity index (χ0v) is 14.4. The fourth-order valence-electron chi connectivity index (χ4n) is 3.21. The molecular weight excluding hydrogens is 324 g/mol. The van der Waals surface area contributed by atoms with Gasteiger partial charge in [-0.1, -0.05) is 12.1 Å². The minimum atomic E-state index is -0.402. The van der Waals surface area contributed by atoms with E-state index in [4.69, 9.17) is 0 Å². The lowest BCUT2D eigenvalue weighted by molar-refractivity contribution is -0.384. The summed E-state index contributed by atoms with van der Waals surface area (Å²) >= 11 is 1.76. The minimum Gasteiger partial charge on any atom is -0.335 e. The normalized spacial score (nSPS) is 17.2. The van der Waals surface area contributed by atoms with Crippen LogP contribution in [0, 0.1) is 17.0 Å². The Morgan fingerprint density at radius 2 is 2.21 bits per heavy atom. The lowest BCUT2D eigenvalue weighted by Gasteiger charge is -2.24. The molecule has 126 valence electrons. The molecule has 0 aliphatic carbocycles. The molecule has 0 saturated carbocycles. The monoisotopic (exact) mass is 344 g/mol. The highest BCUT2D eigenvalue weighted by molar-refractivity contribution is 7.12. The van der Waals surface area contributed by atoms with E-state index in [0.29, 0.717) is 12.8 Å². The van der Waals surface area contributed by atoms with Gasteiger partial charge in [0.05, 0.1) is 11.0 Å². The van der Waals surface area contributed by atoms with Crippen LogP contribution in [0.2, 0.25) is 0 Å². The molecule has 3 rings (SSSR count). The van der Waals surface area contributed by atoms with Crippen molar-refractivity contribution in [1.82, 2.24) is 4.90 Å². The first-order chi connectivity index (χ1) is 11.5. The van der Waals surface area contributed by atoms with Gasteiger partial charge in [0.2, 0.25) is 5.91 Å². The average molecular weight is 344 g/mol. The number of nitrogens with zero attached hydrogens (tertiary/aromatic N) is 2. The van der Waals surface area contributed by atoms with E-state index >= 15 is 0 Å². The van der Waals surface area contributed by atoms with Gasteiger partial charge in [0.25, 0.3) is 5.69 Å². The highest BCUT2D eigenvalue weighted by Gasteiger charge is 2.30. The molecule has 0 bridgehead atoms. The third-order valence-electron chi connectivity index (χ3n) is 4.41. The lowest BCUT2D eigenvalue weighted by Crippen LogP contribution is -2.30. The van der Waals surface area contributed by atoms with Crippen molar-refractivity contribution in [2.75, 3.05) is 6.54 Å². The smallest absolute Gasteiger partial charge is 0.269 e. The Hall–Kier alpha value is -2.21. The molecule has 0 N–H and O–H groups in total. The molecule has 2 aromatic rings. The van der Waals surface area contributed by atoms with Crippen molar-refractivity contribution in [3.63, 3.8) is 0 Å².